The van der Waals surface area contributed by atoms with Crippen molar-refractivity contribution in [3.63, 3.8) is 0 Å². The van der Waals surface area contributed by atoms with Gasteiger partial charge in [-0.1, -0.05) is 18.2 Å². The molecule has 0 bridgehead atoms. The molecule has 1 N–H and O–H groups in total. The van der Waals surface area contributed by atoms with E-state index in [9.17, 15) is 24.5 Å². The molecule has 0 aliphatic heterocycles. The number of esters is 2. The Kier molecular flexibility index (Phi) is 6.82. The maximum atomic E-state index is 12.4. The highest BCUT2D eigenvalue weighted by Gasteiger charge is 2.21. The van der Waals surface area contributed by atoms with Crippen LogP contribution in [0.1, 0.15) is 32.1 Å². The molecule has 0 saturated heterocycles. The first-order chi connectivity index (χ1) is 15.7. The maximum absolute atomic E-state index is 12.4. The molecule has 3 rings (SSSR count). The molecule has 1 heterocycles. The number of nitro groups is 1. The minimum Gasteiger partial charge on any atom is -0.465 e. The predicted molar refractivity (Wildman–Crippen MR) is 116 cm³/mol. The summed E-state index contributed by atoms with van der Waals surface area (Å²) >= 11 is 0. The van der Waals surface area contributed by atoms with Crippen LogP contribution in [0.3, 0.4) is 0 Å². The van der Waals surface area contributed by atoms with E-state index in [1.54, 1.807) is 18.5 Å². The van der Waals surface area contributed by atoms with Crippen molar-refractivity contribution in [2.75, 3.05) is 19.0 Å². The van der Waals surface area contributed by atoms with E-state index in [2.05, 4.69) is 15.2 Å². The Morgan fingerprint density at radius 2 is 1.70 bits per heavy atom. The Morgan fingerprint density at radius 3 is 2.30 bits per heavy atom. The van der Waals surface area contributed by atoms with Gasteiger partial charge in [-0.15, -0.1) is 0 Å². The van der Waals surface area contributed by atoms with Crippen molar-refractivity contribution in [2.24, 2.45) is 0 Å². The SMILES string of the molecule is COC(=O)c1cc(C(=O)OCC(=O)Nc2c(C)nn(-c3ccccc3)c2C)cc([N+](=O)[O-])c1. The number of amides is 1. The lowest BCUT2D eigenvalue weighted by Gasteiger charge is -2.08. The highest BCUT2D eigenvalue weighted by Crippen LogP contribution is 2.23. The summed E-state index contributed by atoms with van der Waals surface area (Å²) in [6, 6.07) is 12.4. The van der Waals surface area contributed by atoms with Crippen LogP contribution in [0.25, 0.3) is 5.69 Å². The number of anilines is 1. The number of aromatic nitrogens is 2. The largest absolute Gasteiger partial charge is 0.465 e. The van der Waals surface area contributed by atoms with Crippen LogP contribution in [0.2, 0.25) is 0 Å². The van der Waals surface area contributed by atoms with Crippen LogP contribution in [0.15, 0.2) is 48.5 Å². The van der Waals surface area contributed by atoms with Gasteiger partial charge in [0.25, 0.3) is 11.6 Å². The van der Waals surface area contributed by atoms with Gasteiger partial charge in [0.1, 0.15) is 0 Å². The van der Waals surface area contributed by atoms with Crippen molar-refractivity contribution in [1.82, 2.24) is 9.78 Å². The Balaban J connectivity index is 1.71. The molecule has 0 saturated carbocycles. The lowest BCUT2D eigenvalue weighted by molar-refractivity contribution is -0.384. The second-order valence-electron chi connectivity index (χ2n) is 6.93. The number of nitrogens with zero attached hydrogens (tertiary/aromatic N) is 3. The summed E-state index contributed by atoms with van der Waals surface area (Å²) in [7, 11) is 1.10. The van der Waals surface area contributed by atoms with E-state index in [4.69, 9.17) is 4.74 Å². The van der Waals surface area contributed by atoms with Crippen LogP contribution in [0.5, 0.6) is 0 Å². The van der Waals surface area contributed by atoms with Crippen molar-refractivity contribution in [3.8, 4) is 5.69 Å². The quantitative estimate of drug-likeness (QED) is 0.327. The predicted octanol–water partition coefficient (Wildman–Crippen LogP) is 2.98. The van der Waals surface area contributed by atoms with Crippen LogP contribution in [0.4, 0.5) is 11.4 Å². The summed E-state index contributed by atoms with van der Waals surface area (Å²) in [6.45, 7) is 2.86. The zero-order chi connectivity index (χ0) is 24.1. The number of benzene rings is 2. The van der Waals surface area contributed by atoms with Crippen molar-refractivity contribution in [3.05, 3.63) is 81.2 Å². The number of aryl methyl sites for hydroxylation is 1. The third-order valence-corrected chi connectivity index (χ3v) is 4.68. The van der Waals surface area contributed by atoms with Gasteiger partial charge in [-0.3, -0.25) is 14.9 Å². The number of non-ortho nitro benzene ring substituents is 1. The molecule has 0 spiro atoms. The van der Waals surface area contributed by atoms with Crippen LogP contribution in [-0.2, 0) is 14.3 Å². The smallest absolute Gasteiger partial charge is 0.338 e. The van der Waals surface area contributed by atoms with Gasteiger partial charge in [0.15, 0.2) is 6.61 Å². The normalized spacial score (nSPS) is 10.4. The molecule has 3 aromatic rings. The first kappa shape index (κ1) is 23.1. The molecule has 1 aromatic heterocycles. The maximum Gasteiger partial charge on any atom is 0.338 e. The Morgan fingerprint density at radius 1 is 1.06 bits per heavy atom. The Bertz CT molecular complexity index is 1240. The summed E-state index contributed by atoms with van der Waals surface area (Å²) in [6.07, 6.45) is 0. The molecule has 11 nitrogen and oxygen atoms in total. The first-order valence-corrected chi connectivity index (χ1v) is 9.67. The molecular formula is C22H20N4O7. The highest BCUT2D eigenvalue weighted by molar-refractivity contribution is 5.98. The van der Waals surface area contributed by atoms with Crippen LogP contribution < -0.4 is 5.32 Å². The van der Waals surface area contributed by atoms with E-state index in [0.717, 1.165) is 31.0 Å². The van der Waals surface area contributed by atoms with Crippen LogP contribution >= 0.6 is 0 Å². The molecule has 0 atom stereocenters. The lowest BCUT2D eigenvalue weighted by Crippen LogP contribution is -2.21. The molecule has 0 aliphatic rings. The first-order valence-electron chi connectivity index (χ1n) is 9.67. The number of hydrogen-bond acceptors (Lipinski definition) is 8. The van der Waals surface area contributed by atoms with Crippen molar-refractivity contribution >= 4 is 29.2 Å². The van der Waals surface area contributed by atoms with Crippen molar-refractivity contribution in [1.29, 1.82) is 0 Å². The number of rotatable bonds is 7. The molecule has 11 heteroatoms. The van der Waals surface area contributed by atoms with Gasteiger partial charge in [-0.05, 0) is 32.0 Å². The molecule has 33 heavy (non-hydrogen) atoms. The third kappa shape index (κ3) is 5.21. The van der Waals surface area contributed by atoms with E-state index in [1.807, 2.05) is 30.3 Å². The zero-order valence-electron chi connectivity index (χ0n) is 18.0. The summed E-state index contributed by atoms with van der Waals surface area (Å²) in [5.74, 6) is -2.49. The van der Waals surface area contributed by atoms with E-state index in [0.29, 0.717) is 17.1 Å². The third-order valence-electron chi connectivity index (χ3n) is 4.68. The van der Waals surface area contributed by atoms with Crippen LogP contribution in [-0.4, -0.2) is 46.3 Å². The number of hydrogen-bond donors (Lipinski definition) is 1. The van der Waals surface area contributed by atoms with Gasteiger partial charge in [-0.25, -0.2) is 14.3 Å². The molecule has 2 aromatic carbocycles. The van der Waals surface area contributed by atoms with Crippen molar-refractivity contribution < 1.29 is 28.8 Å². The average Bonchev–Trinajstić information content (AvgIpc) is 3.10. The molecule has 0 radical (unpaired) electrons. The minimum atomic E-state index is -1.01. The highest BCUT2D eigenvalue weighted by atomic mass is 16.6. The van der Waals surface area contributed by atoms with E-state index in [-0.39, 0.29) is 11.1 Å². The number of ether oxygens (including phenoxy) is 2. The number of nitrogens with one attached hydrogen (secondary N) is 1. The van der Waals surface area contributed by atoms with E-state index in [1.165, 1.54) is 0 Å². The topological polar surface area (TPSA) is 143 Å². The summed E-state index contributed by atoms with van der Waals surface area (Å²) < 4.78 is 11.2. The van der Waals surface area contributed by atoms with Gasteiger partial charge in [0, 0.05) is 12.1 Å². The monoisotopic (exact) mass is 452 g/mol. The fourth-order valence-electron chi connectivity index (χ4n) is 3.10. The number of carbonyl (C=O) groups excluding carboxylic acids is 3. The number of carbonyl (C=O) groups is 3. The molecule has 0 unspecified atom stereocenters. The van der Waals surface area contributed by atoms with Gasteiger partial charge in [0.2, 0.25) is 0 Å². The molecular weight excluding hydrogens is 432 g/mol. The van der Waals surface area contributed by atoms with E-state index < -0.39 is 35.1 Å². The fraction of sp³-hybridized carbons (Fsp3) is 0.182. The average molecular weight is 452 g/mol. The van der Waals surface area contributed by atoms with Crippen LogP contribution in [0, 0.1) is 24.0 Å². The van der Waals surface area contributed by atoms with Gasteiger partial charge in [0.05, 0.1) is 45.9 Å². The molecule has 170 valence electrons. The Hall–Kier alpha value is -4.54. The fourth-order valence-corrected chi connectivity index (χ4v) is 3.10. The summed E-state index contributed by atoms with van der Waals surface area (Å²) in [5.41, 5.74) is 1.59. The summed E-state index contributed by atoms with van der Waals surface area (Å²) in [5, 5.41) is 18.2. The standard InChI is InChI=1S/C22H20N4O7/c1-13-20(14(2)25(24-13)17-7-5-4-6-8-17)23-19(27)12-33-22(29)16-9-15(21(28)32-3)10-18(11-16)26(30)31/h4-11H,12H2,1-3H3,(H,23,27). The molecule has 1 amide bonds. The number of nitro benzene ring substituents is 1. The van der Waals surface area contributed by atoms with Crippen molar-refractivity contribution in [2.45, 2.75) is 13.8 Å². The minimum absolute atomic E-state index is 0.192. The van der Waals surface area contributed by atoms with Gasteiger partial charge < -0.3 is 14.8 Å². The second kappa shape index (κ2) is 9.73. The molecule has 0 aliphatic carbocycles. The lowest BCUT2D eigenvalue weighted by atomic mass is 10.1. The number of methoxy groups -OCH3 is 1. The van der Waals surface area contributed by atoms with E-state index >= 15 is 0 Å². The number of para-hydroxylation sites is 1. The zero-order valence-corrected chi connectivity index (χ0v) is 18.0. The summed E-state index contributed by atoms with van der Waals surface area (Å²) in [4.78, 5) is 46.8. The van der Waals surface area contributed by atoms with Gasteiger partial charge >= 0.3 is 11.9 Å². The van der Waals surface area contributed by atoms with Gasteiger partial charge in [-0.2, -0.15) is 5.10 Å². The second-order valence-corrected chi connectivity index (χ2v) is 6.93. The molecule has 0 fully saturated rings. The Labute approximate surface area is 188 Å².